The van der Waals surface area contributed by atoms with Crippen molar-refractivity contribution in [2.75, 3.05) is 6.61 Å². The molecule has 6 heteroatoms. The third-order valence-corrected chi connectivity index (χ3v) is 4.96. The summed E-state index contributed by atoms with van der Waals surface area (Å²) in [6.07, 6.45) is 1.58. The maximum atomic E-state index is 12.7. The van der Waals surface area contributed by atoms with Crippen LogP contribution in [0.1, 0.15) is 17.3 Å². The number of ether oxygens (including phenoxy) is 2. The van der Waals surface area contributed by atoms with Gasteiger partial charge < -0.3 is 9.47 Å². The highest BCUT2D eigenvalue weighted by Gasteiger charge is 2.19. The molecule has 0 spiro atoms. The highest BCUT2D eigenvalue weighted by Crippen LogP contribution is 2.36. The van der Waals surface area contributed by atoms with E-state index >= 15 is 0 Å². The second-order valence-electron chi connectivity index (χ2n) is 5.66. The van der Waals surface area contributed by atoms with Crippen LogP contribution in [0.15, 0.2) is 66.9 Å². The minimum Gasteiger partial charge on any atom is -0.477 e. The molecule has 0 aliphatic rings. The van der Waals surface area contributed by atoms with Gasteiger partial charge in [-0.3, -0.25) is 0 Å². The van der Waals surface area contributed by atoms with Gasteiger partial charge in [0, 0.05) is 6.20 Å². The molecule has 0 unspecified atom stereocenters. The molecule has 4 rings (SSSR count). The lowest BCUT2D eigenvalue weighted by atomic mass is 10.2. The van der Waals surface area contributed by atoms with Gasteiger partial charge in [-0.2, -0.15) is 0 Å². The van der Waals surface area contributed by atoms with E-state index in [1.165, 1.54) is 0 Å². The van der Waals surface area contributed by atoms with Crippen LogP contribution >= 0.6 is 11.3 Å². The zero-order valence-electron chi connectivity index (χ0n) is 14.6. The maximum absolute atomic E-state index is 12.7. The maximum Gasteiger partial charge on any atom is 0.349 e. The summed E-state index contributed by atoms with van der Waals surface area (Å²) >= 11 is 1.56. The van der Waals surface area contributed by atoms with E-state index in [0.717, 1.165) is 20.8 Å². The predicted octanol–water partition coefficient (Wildman–Crippen LogP) is 4.98. The third-order valence-electron chi connectivity index (χ3n) is 3.89. The molecule has 2 aromatic heterocycles. The molecule has 27 heavy (non-hydrogen) atoms. The van der Waals surface area contributed by atoms with Crippen molar-refractivity contribution in [3.05, 3.63) is 72.4 Å². The van der Waals surface area contributed by atoms with Gasteiger partial charge in [0.1, 0.15) is 16.3 Å². The summed E-state index contributed by atoms with van der Waals surface area (Å²) in [6, 6.07) is 18.6. The Labute approximate surface area is 160 Å². The number of pyridine rings is 1. The number of para-hydroxylation sites is 2. The SMILES string of the molecule is CCOc1ncccc1C(=O)Oc1ccccc1-c1nc2ccccc2s1. The molecule has 2 heterocycles. The fraction of sp³-hybridized carbons (Fsp3) is 0.0952. The highest BCUT2D eigenvalue weighted by molar-refractivity contribution is 7.21. The molecule has 0 radical (unpaired) electrons. The molecule has 0 atom stereocenters. The monoisotopic (exact) mass is 376 g/mol. The molecule has 134 valence electrons. The summed E-state index contributed by atoms with van der Waals surface area (Å²) < 4.78 is 12.2. The number of nitrogens with zero attached hydrogens (tertiary/aromatic N) is 2. The second-order valence-corrected chi connectivity index (χ2v) is 6.69. The first-order valence-corrected chi connectivity index (χ1v) is 9.33. The number of hydrogen-bond acceptors (Lipinski definition) is 6. The number of benzene rings is 2. The van der Waals surface area contributed by atoms with Gasteiger partial charge in [-0.25, -0.2) is 14.8 Å². The van der Waals surface area contributed by atoms with E-state index < -0.39 is 5.97 Å². The van der Waals surface area contributed by atoms with Gasteiger partial charge >= 0.3 is 5.97 Å². The average molecular weight is 376 g/mol. The minimum absolute atomic E-state index is 0.266. The smallest absolute Gasteiger partial charge is 0.349 e. The molecule has 0 aliphatic heterocycles. The van der Waals surface area contributed by atoms with E-state index in [0.29, 0.717) is 17.9 Å². The standard InChI is InChI=1S/C21H16N2O3S/c1-2-25-19-15(9-7-13-22-19)21(24)26-17-11-5-3-8-14(17)20-23-16-10-4-6-12-18(16)27-20/h3-13H,2H2,1H3. The Balaban J connectivity index is 1.68. The van der Waals surface area contributed by atoms with Crippen molar-refractivity contribution < 1.29 is 14.3 Å². The fourth-order valence-electron chi connectivity index (χ4n) is 2.67. The molecule has 0 amide bonds. The molecule has 0 saturated carbocycles. The van der Waals surface area contributed by atoms with E-state index in [9.17, 15) is 4.79 Å². The quantitative estimate of drug-likeness (QED) is 0.363. The molecule has 2 aromatic carbocycles. The fourth-order valence-corrected chi connectivity index (χ4v) is 3.67. The lowest BCUT2D eigenvalue weighted by Gasteiger charge is -2.10. The summed E-state index contributed by atoms with van der Waals surface area (Å²) in [5, 5.41) is 0.802. The van der Waals surface area contributed by atoms with E-state index in [1.54, 1.807) is 35.7 Å². The topological polar surface area (TPSA) is 61.3 Å². The van der Waals surface area contributed by atoms with Crippen molar-refractivity contribution in [1.29, 1.82) is 0 Å². The van der Waals surface area contributed by atoms with Gasteiger partial charge in [0.25, 0.3) is 0 Å². The van der Waals surface area contributed by atoms with E-state index in [2.05, 4.69) is 9.97 Å². The third kappa shape index (κ3) is 3.52. The number of thiazole rings is 1. The summed E-state index contributed by atoms with van der Waals surface area (Å²) in [5.74, 6) is 0.204. The van der Waals surface area contributed by atoms with Crippen LogP contribution in [0.2, 0.25) is 0 Å². The first-order chi connectivity index (χ1) is 13.3. The number of carbonyl (C=O) groups is 1. The minimum atomic E-state index is -0.514. The summed E-state index contributed by atoms with van der Waals surface area (Å²) in [7, 11) is 0. The molecule has 0 saturated heterocycles. The van der Waals surface area contributed by atoms with Crippen molar-refractivity contribution in [2.45, 2.75) is 6.92 Å². The zero-order valence-corrected chi connectivity index (χ0v) is 15.4. The van der Waals surface area contributed by atoms with Gasteiger partial charge in [-0.15, -0.1) is 11.3 Å². The van der Waals surface area contributed by atoms with E-state index in [4.69, 9.17) is 9.47 Å². The molecular formula is C21H16N2O3S. The second kappa shape index (κ2) is 7.55. The number of carbonyl (C=O) groups excluding carboxylic acids is 1. The van der Waals surface area contributed by atoms with Gasteiger partial charge in [0.05, 0.1) is 22.4 Å². The highest BCUT2D eigenvalue weighted by atomic mass is 32.1. The Morgan fingerprint density at radius 3 is 2.70 bits per heavy atom. The van der Waals surface area contributed by atoms with Crippen LogP contribution in [-0.4, -0.2) is 22.5 Å². The molecule has 4 aromatic rings. The molecule has 5 nitrogen and oxygen atoms in total. The first kappa shape index (κ1) is 17.2. The van der Waals surface area contributed by atoms with Crippen LogP contribution in [0.5, 0.6) is 11.6 Å². The van der Waals surface area contributed by atoms with Crippen LogP contribution in [-0.2, 0) is 0 Å². The molecular weight excluding hydrogens is 360 g/mol. The van der Waals surface area contributed by atoms with Crippen LogP contribution < -0.4 is 9.47 Å². The molecule has 0 fully saturated rings. The Kier molecular flexibility index (Phi) is 4.80. The lowest BCUT2D eigenvalue weighted by Crippen LogP contribution is -2.12. The molecule has 0 aliphatic carbocycles. The summed E-state index contributed by atoms with van der Waals surface area (Å²) in [4.78, 5) is 21.5. The van der Waals surface area contributed by atoms with Gasteiger partial charge in [0.2, 0.25) is 5.88 Å². The van der Waals surface area contributed by atoms with Crippen molar-refractivity contribution in [1.82, 2.24) is 9.97 Å². The van der Waals surface area contributed by atoms with Crippen LogP contribution in [0, 0.1) is 0 Å². The van der Waals surface area contributed by atoms with Crippen LogP contribution in [0.25, 0.3) is 20.8 Å². The predicted molar refractivity (Wildman–Crippen MR) is 105 cm³/mol. The first-order valence-electron chi connectivity index (χ1n) is 8.51. The van der Waals surface area contributed by atoms with Crippen molar-refractivity contribution in [2.24, 2.45) is 0 Å². The Morgan fingerprint density at radius 2 is 1.85 bits per heavy atom. The Morgan fingerprint density at radius 1 is 1.04 bits per heavy atom. The number of fused-ring (bicyclic) bond motifs is 1. The number of rotatable bonds is 5. The van der Waals surface area contributed by atoms with Crippen molar-refractivity contribution in [3.63, 3.8) is 0 Å². The summed E-state index contributed by atoms with van der Waals surface area (Å²) in [6.45, 7) is 2.26. The zero-order chi connectivity index (χ0) is 18.6. The van der Waals surface area contributed by atoms with Gasteiger partial charge in [-0.1, -0.05) is 24.3 Å². The van der Waals surface area contributed by atoms with E-state index in [-0.39, 0.29) is 5.88 Å². The summed E-state index contributed by atoms with van der Waals surface area (Å²) in [5.41, 5.74) is 1.98. The van der Waals surface area contributed by atoms with Crippen molar-refractivity contribution >= 4 is 27.5 Å². The molecule has 0 N–H and O–H groups in total. The van der Waals surface area contributed by atoms with E-state index in [1.807, 2.05) is 49.4 Å². The largest absolute Gasteiger partial charge is 0.477 e. The van der Waals surface area contributed by atoms with Crippen LogP contribution in [0.3, 0.4) is 0 Å². The Bertz CT molecular complexity index is 1070. The van der Waals surface area contributed by atoms with Crippen LogP contribution in [0.4, 0.5) is 0 Å². The average Bonchev–Trinajstić information content (AvgIpc) is 3.13. The van der Waals surface area contributed by atoms with Crippen molar-refractivity contribution in [3.8, 4) is 22.2 Å². The molecule has 0 bridgehead atoms. The number of hydrogen-bond donors (Lipinski definition) is 0. The van der Waals surface area contributed by atoms with Gasteiger partial charge in [0.15, 0.2) is 0 Å². The normalized spacial score (nSPS) is 10.7. The lowest BCUT2D eigenvalue weighted by molar-refractivity contribution is 0.0730. The number of aromatic nitrogens is 2. The number of esters is 1. The Hall–Kier alpha value is -3.25. The van der Waals surface area contributed by atoms with Gasteiger partial charge in [-0.05, 0) is 43.3 Å².